The third-order valence-electron chi connectivity index (χ3n) is 6.48. The fourth-order valence-electron chi connectivity index (χ4n) is 4.87. The summed E-state index contributed by atoms with van der Waals surface area (Å²) in [5, 5.41) is 20.2. The van der Waals surface area contributed by atoms with Crippen LogP contribution in [-0.2, 0) is 5.54 Å². The van der Waals surface area contributed by atoms with Crippen LogP contribution in [0.2, 0.25) is 5.02 Å². The van der Waals surface area contributed by atoms with Gasteiger partial charge in [-0.15, -0.1) is 0 Å². The van der Waals surface area contributed by atoms with Crippen molar-refractivity contribution in [3.8, 4) is 0 Å². The van der Waals surface area contributed by atoms with E-state index in [9.17, 15) is 9.90 Å². The molecule has 0 radical (unpaired) electrons. The molecule has 0 aliphatic carbocycles. The lowest BCUT2D eigenvalue weighted by molar-refractivity contribution is -0.0111. The van der Waals surface area contributed by atoms with Gasteiger partial charge in [-0.05, 0) is 49.9 Å². The number of nitrogens with one attached hydrogen (secondary N) is 1. The molecular formula is C21H22ClN5O2. The summed E-state index contributed by atoms with van der Waals surface area (Å²) < 4.78 is 1.97. The molecule has 0 saturated carbocycles. The Balaban J connectivity index is 1.34. The minimum absolute atomic E-state index is 0.120. The molecule has 0 bridgehead atoms. The highest BCUT2D eigenvalue weighted by Gasteiger charge is 2.50. The van der Waals surface area contributed by atoms with E-state index in [4.69, 9.17) is 11.6 Å². The summed E-state index contributed by atoms with van der Waals surface area (Å²) in [5.41, 5.74) is 1.93. The molecule has 150 valence electrons. The highest BCUT2D eigenvalue weighted by atomic mass is 35.5. The Hall–Kier alpha value is -2.64. The largest absolute Gasteiger partial charge is 0.386 e. The minimum atomic E-state index is -0.673. The Morgan fingerprint density at radius 1 is 1.31 bits per heavy atom. The van der Waals surface area contributed by atoms with Crippen molar-refractivity contribution in [3.63, 3.8) is 0 Å². The summed E-state index contributed by atoms with van der Waals surface area (Å²) in [7, 11) is 0. The molecule has 4 heterocycles. The highest BCUT2D eigenvalue weighted by Crippen LogP contribution is 2.51. The van der Waals surface area contributed by atoms with E-state index in [1.54, 1.807) is 18.5 Å². The van der Waals surface area contributed by atoms with Crippen molar-refractivity contribution < 1.29 is 9.90 Å². The van der Waals surface area contributed by atoms with E-state index in [-0.39, 0.29) is 11.9 Å². The van der Waals surface area contributed by atoms with Crippen molar-refractivity contribution in [1.29, 1.82) is 0 Å². The number of pyridine rings is 1. The van der Waals surface area contributed by atoms with Crippen molar-refractivity contribution in [2.75, 3.05) is 18.4 Å². The van der Waals surface area contributed by atoms with Crippen molar-refractivity contribution in [3.05, 3.63) is 53.4 Å². The fraction of sp³-hybridized carbons (Fsp3) is 0.381. The lowest BCUT2D eigenvalue weighted by Gasteiger charge is -2.42. The lowest BCUT2D eigenvalue weighted by atomic mass is 9.75. The van der Waals surface area contributed by atoms with Gasteiger partial charge in [0.25, 0.3) is 0 Å². The van der Waals surface area contributed by atoms with Crippen molar-refractivity contribution >= 4 is 34.2 Å². The zero-order valence-corrected chi connectivity index (χ0v) is 16.8. The number of nitrogens with zero attached hydrogens (tertiary/aromatic N) is 4. The van der Waals surface area contributed by atoms with Crippen molar-refractivity contribution in [2.24, 2.45) is 5.92 Å². The van der Waals surface area contributed by atoms with Gasteiger partial charge in [0.15, 0.2) is 0 Å². The minimum Gasteiger partial charge on any atom is -0.386 e. The van der Waals surface area contributed by atoms with Gasteiger partial charge in [0.1, 0.15) is 6.10 Å². The van der Waals surface area contributed by atoms with Crippen LogP contribution in [0, 0.1) is 5.92 Å². The molecule has 2 aliphatic rings. The predicted octanol–water partition coefficient (Wildman–Crippen LogP) is 3.79. The molecule has 1 unspecified atom stereocenters. The van der Waals surface area contributed by atoms with Gasteiger partial charge in [-0.25, -0.2) is 4.79 Å². The Labute approximate surface area is 173 Å². The summed E-state index contributed by atoms with van der Waals surface area (Å²) in [4.78, 5) is 18.4. The van der Waals surface area contributed by atoms with E-state index in [1.165, 1.54) is 0 Å². The molecule has 8 heteroatoms. The van der Waals surface area contributed by atoms with E-state index in [0.717, 1.165) is 29.3 Å². The molecule has 2 atom stereocenters. The monoisotopic (exact) mass is 411 g/mol. The van der Waals surface area contributed by atoms with Gasteiger partial charge in [0, 0.05) is 35.3 Å². The summed E-state index contributed by atoms with van der Waals surface area (Å²) >= 11 is 6.24. The molecule has 1 aromatic carbocycles. The average Bonchev–Trinajstić information content (AvgIpc) is 3.25. The van der Waals surface area contributed by atoms with E-state index >= 15 is 0 Å². The second kappa shape index (κ2) is 6.71. The van der Waals surface area contributed by atoms with E-state index < -0.39 is 11.6 Å². The number of piperidine rings is 1. The smallest absolute Gasteiger partial charge is 0.321 e. The van der Waals surface area contributed by atoms with Gasteiger partial charge >= 0.3 is 6.03 Å². The maximum Gasteiger partial charge on any atom is 0.321 e. The number of hydrogen-bond donors (Lipinski definition) is 2. The molecule has 2 amide bonds. The number of halogens is 1. The van der Waals surface area contributed by atoms with E-state index in [1.807, 2.05) is 34.0 Å². The number of urea groups is 1. The van der Waals surface area contributed by atoms with Crippen LogP contribution in [0.4, 0.5) is 10.5 Å². The number of rotatable bonds is 2. The molecule has 29 heavy (non-hydrogen) atoms. The Kier molecular flexibility index (Phi) is 4.26. The first kappa shape index (κ1) is 18.4. The SMILES string of the molecule is CC1(C2CCN(C(=O)Nc3cccnc3)CC2)[C@@H](O)c2cc(Cl)cc3cnn1c23. The molecule has 3 aromatic rings. The second-order valence-corrected chi connectivity index (χ2v) is 8.49. The Morgan fingerprint density at radius 3 is 2.83 bits per heavy atom. The maximum absolute atomic E-state index is 12.6. The molecule has 1 saturated heterocycles. The summed E-state index contributed by atoms with van der Waals surface area (Å²) in [6.45, 7) is 3.31. The van der Waals surface area contributed by atoms with E-state index in [0.29, 0.717) is 23.8 Å². The van der Waals surface area contributed by atoms with Gasteiger partial charge in [0.2, 0.25) is 0 Å². The van der Waals surface area contributed by atoms with Crippen LogP contribution in [0.3, 0.4) is 0 Å². The number of aliphatic hydroxyl groups is 1. The lowest BCUT2D eigenvalue weighted by Crippen LogP contribution is -2.49. The number of benzene rings is 1. The molecular weight excluding hydrogens is 390 g/mol. The number of carbonyl (C=O) groups excluding carboxylic acids is 1. The fourth-order valence-corrected chi connectivity index (χ4v) is 5.10. The van der Waals surface area contributed by atoms with Crippen LogP contribution in [0.25, 0.3) is 10.9 Å². The number of anilines is 1. The summed E-state index contributed by atoms with van der Waals surface area (Å²) in [6.07, 6.45) is 6.02. The third-order valence-corrected chi connectivity index (χ3v) is 6.70. The highest BCUT2D eigenvalue weighted by molar-refractivity contribution is 6.31. The standard InChI is InChI=1S/C21H22ClN5O2/c1-21(19(28)17-10-15(22)9-13-11-24-27(21)18(13)17)14-4-7-26(8-5-14)20(29)25-16-3-2-6-23-12-16/h2-3,6,9-12,14,19,28H,4-5,7-8H2,1H3,(H,25,29)/t19-,21?/m0/s1. The number of likely N-dealkylation sites (tertiary alicyclic amines) is 1. The van der Waals surface area contributed by atoms with Gasteiger partial charge in [-0.3, -0.25) is 9.67 Å². The summed E-state index contributed by atoms with van der Waals surface area (Å²) in [6, 6.07) is 7.21. The van der Waals surface area contributed by atoms with Gasteiger partial charge in [-0.2, -0.15) is 5.10 Å². The Morgan fingerprint density at radius 2 is 2.10 bits per heavy atom. The van der Waals surface area contributed by atoms with Gasteiger partial charge in [-0.1, -0.05) is 11.6 Å². The van der Waals surface area contributed by atoms with Crippen LogP contribution in [0.5, 0.6) is 0 Å². The van der Waals surface area contributed by atoms with Crippen LogP contribution in [0.1, 0.15) is 31.4 Å². The van der Waals surface area contributed by atoms with Crippen LogP contribution in [0.15, 0.2) is 42.9 Å². The van der Waals surface area contributed by atoms with E-state index in [2.05, 4.69) is 22.3 Å². The normalized spacial score (nSPS) is 24.2. The quantitative estimate of drug-likeness (QED) is 0.672. The first-order chi connectivity index (χ1) is 14.0. The number of hydrogen-bond acceptors (Lipinski definition) is 4. The first-order valence-electron chi connectivity index (χ1n) is 9.80. The zero-order valence-electron chi connectivity index (χ0n) is 16.0. The molecule has 2 N–H and O–H groups in total. The molecule has 2 aliphatic heterocycles. The first-order valence-corrected chi connectivity index (χ1v) is 10.2. The molecule has 5 rings (SSSR count). The molecule has 2 aromatic heterocycles. The molecule has 0 spiro atoms. The number of carbonyl (C=O) groups is 1. The van der Waals surface area contributed by atoms with Crippen molar-refractivity contribution in [2.45, 2.75) is 31.4 Å². The molecule has 1 fully saturated rings. The topological polar surface area (TPSA) is 83.3 Å². The average molecular weight is 412 g/mol. The predicted molar refractivity (Wildman–Crippen MR) is 111 cm³/mol. The van der Waals surface area contributed by atoms with Gasteiger partial charge < -0.3 is 15.3 Å². The number of aliphatic hydroxyl groups excluding tert-OH is 1. The number of amides is 2. The molecule has 7 nitrogen and oxygen atoms in total. The third kappa shape index (κ3) is 2.80. The maximum atomic E-state index is 12.6. The summed E-state index contributed by atoms with van der Waals surface area (Å²) in [5.74, 6) is 0.189. The van der Waals surface area contributed by atoms with Crippen LogP contribution in [-0.4, -0.2) is 43.9 Å². The zero-order chi connectivity index (χ0) is 20.2. The van der Waals surface area contributed by atoms with Crippen LogP contribution < -0.4 is 5.32 Å². The van der Waals surface area contributed by atoms with Crippen molar-refractivity contribution in [1.82, 2.24) is 19.7 Å². The van der Waals surface area contributed by atoms with Crippen LogP contribution >= 0.6 is 11.6 Å². The van der Waals surface area contributed by atoms with Gasteiger partial charge in [0.05, 0.1) is 29.1 Å². The second-order valence-electron chi connectivity index (χ2n) is 8.05. The Bertz CT molecular complexity index is 1080. The number of aromatic nitrogens is 3.